The van der Waals surface area contributed by atoms with Crippen molar-refractivity contribution in [3.8, 4) is 10.6 Å². The van der Waals surface area contributed by atoms with Gasteiger partial charge in [-0.15, -0.1) is 11.3 Å². The normalized spacial score (nSPS) is 11.1. The number of rotatable bonds is 3. The molecule has 3 nitrogen and oxygen atoms in total. The summed E-state index contributed by atoms with van der Waals surface area (Å²) in [6.07, 6.45) is -3.07. The number of carbonyl (C=O) groups excluding carboxylic acids is 1. The van der Waals surface area contributed by atoms with E-state index in [1.54, 1.807) is 5.38 Å². The quantitative estimate of drug-likeness (QED) is 0.637. The Morgan fingerprint density at radius 3 is 2.74 bits per heavy atom. The fourth-order valence-electron chi connectivity index (χ4n) is 1.53. The third-order valence-electron chi connectivity index (χ3n) is 2.32. The Bertz CT molecular complexity index is 630. The summed E-state index contributed by atoms with van der Waals surface area (Å²) in [4.78, 5) is 17.4. The largest absolute Gasteiger partial charge is 0.417 e. The number of hydrogen-bond acceptors (Lipinski definition) is 4. The molecule has 0 amide bonds. The molecule has 98 valence electrons. The van der Waals surface area contributed by atoms with Crippen molar-refractivity contribution in [2.75, 3.05) is 0 Å². The van der Waals surface area contributed by atoms with Crippen molar-refractivity contribution >= 4 is 17.4 Å². The fraction of sp³-hybridized carbons (Fsp3) is 0.167. The monoisotopic (exact) mass is 284 g/mol. The number of nitrogens with zero attached hydrogens (tertiary/aromatic N) is 2. The minimum absolute atomic E-state index is 0.0220. The molecule has 0 saturated heterocycles. The molecule has 0 bridgehead atoms. The summed E-state index contributed by atoms with van der Waals surface area (Å²) in [5, 5.41) is 1.83. The second-order valence-corrected chi connectivity index (χ2v) is 4.45. The van der Waals surface area contributed by atoms with Crippen LogP contribution in [0.2, 0.25) is 0 Å². The molecule has 19 heavy (non-hydrogen) atoms. The van der Waals surface area contributed by atoms with Gasteiger partial charge in [-0.05, 0) is 6.07 Å². The van der Waals surface area contributed by atoms with Crippen molar-refractivity contribution < 1.29 is 18.0 Å². The van der Waals surface area contributed by atoms with E-state index in [0.29, 0.717) is 5.69 Å². The molecule has 7 heteroatoms. The molecule has 1 heterocycles. The Kier molecular flexibility index (Phi) is 3.78. The van der Waals surface area contributed by atoms with Gasteiger partial charge in [0.05, 0.1) is 17.8 Å². The summed E-state index contributed by atoms with van der Waals surface area (Å²) in [6, 6.07) is 5.24. The first kappa shape index (κ1) is 13.5. The van der Waals surface area contributed by atoms with E-state index in [1.807, 2.05) is 0 Å². The summed E-state index contributed by atoms with van der Waals surface area (Å²) in [7, 11) is 0. The number of isocyanates is 1. The van der Waals surface area contributed by atoms with E-state index in [-0.39, 0.29) is 17.1 Å². The highest BCUT2D eigenvalue weighted by atomic mass is 32.1. The van der Waals surface area contributed by atoms with Crippen molar-refractivity contribution in [3.05, 3.63) is 40.9 Å². The van der Waals surface area contributed by atoms with Gasteiger partial charge in [0.2, 0.25) is 6.08 Å². The van der Waals surface area contributed by atoms with Gasteiger partial charge >= 0.3 is 6.18 Å². The highest BCUT2D eigenvalue weighted by Gasteiger charge is 2.33. The summed E-state index contributed by atoms with van der Waals surface area (Å²) in [5.41, 5.74) is -0.253. The van der Waals surface area contributed by atoms with Crippen molar-refractivity contribution in [2.24, 2.45) is 4.99 Å². The maximum Gasteiger partial charge on any atom is 0.417 e. The third kappa shape index (κ3) is 3.07. The minimum Gasteiger partial charge on any atom is -0.239 e. The average molecular weight is 284 g/mol. The number of benzene rings is 1. The van der Waals surface area contributed by atoms with Crippen LogP contribution in [-0.2, 0) is 17.5 Å². The van der Waals surface area contributed by atoms with Gasteiger partial charge < -0.3 is 0 Å². The Labute approximate surface area is 110 Å². The molecule has 2 rings (SSSR count). The average Bonchev–Trinajstić information content (AvgIpc) is 2.84. The lowest BCUT2D eigenvalue weighted by Crippen LogP contribution is -2.06. The van der Waals surface area contributed by atoms with Crippen molar-refractivity contribution in [1.29, 1.82) is 0 Å². The molecule has 0 aliphatic rings. The van der Waals surface area contributed by atoms with E-state index in [1.165, 1.54) is 24.3 Å². The van der Waals surface area contributed by atoms with Crippen molar-refractivity contribution in [2.45, 2.75) is 12.7 Å². The Morgan fingerprint density at radius 1 is 1.32 bits per heavy atom. The van der Waals surface area contributed by atoms with Crippen LogP contribution in [0, 0.1) is 0 Å². The highest BCUT2D eigenvalue weighted by Crippen LogP contribution is 2.37. The van der Waals surface area contributed by atoms with Crippen LogP contribution in [-0.4, -0.2) is 11.1 Å². The Hall–Kier alpha value is -1.98. The first-order valence-corrected chi connectivity index (χ1v) is 6.05. The minimum atomic E-state index is -4.43. The maximum absolute atomic E-state index is 12.9. The van der Waals surface area contributed by atoms with Gasteiger partial charge in [0, 0.05) is 10.9 Å². The Balaban J connectivity index is 2.42. The molecule has 0 fully saturated rings. The van der Waals surface area contributed by atoms with Crippen molar-refractivity contribution in [1.82, 2.24) is 4.98 Å². The van der Waals surface area contributed by atoms with Crippen LogP contribution in [0.15, 0.2) is 34.6 Å². The van der Waals surface area contributed by atoms with Gasteiger partial charge in [0.25, 0.3) is 0 Å². The number of aromatic nitrogens is 1. The standard InChI is InChI=1S/C12H7F3N2OS/c13-12(14,15)10-4-2-1-3-9(10)11-17-8(6-19-11)5-16-7-18/h1-4,6H,5H2. The van der Waals surface area contributed by atoms with Gasteiger partial charge in [0.1, 0.15) is 5.01 Å². The molecule has 0 aliphatic heterocycles. The molecule has 0 unspecified atom stereocenters. The van der Waals surface area contributed by atoms with Crippen LogP contribution in [0.1, 0.15) is 11.3 Å². The van der Waals surface area contributed by atoms with Crippen LogP contribution in [0.3, 0.4) is 0 Å². The van der Waals surface area contributed by atoms with E-state index < -0.39 is 11.7 Å². The van der Waals surface area contributed by atoms with E-state index in [0.717, 1.165) is 17.4 Å². The number of aliphatic imine (C=N–C) groups is 1. The molecule has 0 radical (unpaired) electrons. The number of hydrogen-bond donors (Lipinski definition) is 0. The molecular formula is C12H7F3N2OS. The first-order chi connectivity index (χ1) is 9.02. The van der Waals surface area contributed by atoms with Gasteiger partial charge in [-0.2, -0.15) is 18.2 Å². The second-order valence-electron chi connectivity index (χ2n) is 3.59. The number of alkyl halides is 3. The molecule has 0 atom stereocenters. The summed E-state index contributed by atoms with van der Waals surface area (Å²) in [6.45, 7) is 0.0220. The molecule has 0 spiro atoms. The molecule has 1 aromatic carbocycles. The second kappa shape index (κ2) is 5.34. The third-order valence-corrected chi connectivity index (χ3v) is 3.24. The lowest BCUT2D eigenvalue weighted by Gasteiger charge is -2.10. The van der Waals surface area contributed by atoms with Gasteiger partial charge in [-0.25, -0.2) is 9.78 Å². The zero-order chi connectivity index (χ0) is 13.9. The van der Waals surface area contributed by atoms with E-state index >= 15 is 0 Å². The fourth-order valence-corrected chi connectivity index (χ4v) is 2.38. The zero-order valence-electron chi connectivity index (χ0n) is 9.44. The lowest BCUT2D eigenvalue weighted by molar-refractivity contribution is -0.137. The van der Waals surface area contributed by atoms with Gasteiger partial charge in [0.15, 0.2) is 0 Å². The predicted molar refractivity (Wildman–Crippen MR) is 64.4 cm³/mol. The van der Waals surface area contributed by atoms with Gasteiger partial charge in [-0.1, -0.05) is 18.2 Å². The number of halogens is 3. The summed E-state index contributed by atoms with van der Waals surface area (Å²) < 4.78 is 38.6. The van der Waals surface area contributed by atoms with E-state index in [4.69, 9.17) is 0 Å². The zero-order valence-corrected chi connectivity index (χ0v) is 10.3. The van der Waals surface area contributed by atoms with E-state index in [9.17, 15) is 18.0 Å². The predicted octanol–water partition coefficient (Wildman–Crippen LogP) is 3.66. The molecule has 2 aromatic rings. The number of thiazole rings is 1. The van der Waals surface area contributed by atoms with Crippen LogP contribution in [0.25, 0.3) is 10.6 Å². The van der Waals surface area contributed by atoms with Crippen molar-refractivity contribution in [3.63, 3.8) is 0 Å². The molecular weight excluding hydrogens is 277 g/mol. The molecule has 0 saturated carbocycles. The maximum atomic E-state index is 12.9. The van der Waals surface area contributed by atoms with E-state index in [2.05, 4.69) is 9.98 Å². The first-order valence-electron chi connectivity index (χ1n) is 5.17. The SMILES string of the molecule is O=C=NCc1csc(-c2ccccc2C(F)(F)F)n1. The van der Waals surface area contributed by atoms with Crippen LogP contribution in [0.5, 0.6) is 0 Å². The topological polar surface area (TPSA) is 42.3 Å². The molecule has 0 aliphatic carbocycles. The molecule has 0 N–H and O–H groups in total. The summed E-state index contributed by atoms with van der Waals surface area (Å²) in [5.74, 6) is 0. The lowest BCUT2D eigenvalue weighted by atomic mass is 10.1. The van der Waals surface area contributed by atoms with Gasteiger partial charge in [-0.3, -0.25) is 0 Å². The molecule has 1 aromatic heterocycles. The van der Waals surface area contributed by atoms with Crippen LogP contribution >= 0.6 is 11.3 Å². The summed E-state index contributed by atoms with van der Waals surface area (Å²) >= 11 is 1.08. The highest BCUT2D eigenvalue weighted by molar-refractivity contribution is 7.13. The van der Waals surface area contributed by atoms with Crippen LogP contribution < -0.4 is 0 Å². The van der Waals surface area contributed by atoms with Crippen LogP contribution in [0.4, 0.5) is 13.2 Å². The smallest absolute Gasteiger partial charge is 0.239 e. The Morgan fingerprint density at radius 2 is 2.05 bits per heavy atom.